The number of aromatic amines is 2. The molecule has 0 bridgehead atoms. The minimum atomic E-state index is -1.35. The number of halogens is 1. The first-order chi connectivity index (χ1) is 35.2. The van der Waals surface area contributed by atoms with E-state index in [9.17, 15) is 24.3 Å². The molecule has 4 saturated heterocycles. The summed E-state index contributed by atoms with van der Waals surface area (Å²) in [5.74, 6) is 0.641. The number of benzene rings is 4. The third kappa shape index (κ3) is 9.77. The minimum Gasteiger partial charge on any atom is -0.465 e. The topological polar surface area (TPSA) is 192 Å². The highest BCUT2D eigenvalue weighted by molar-refractivity contribution is 5.87. The summed E-state index contributed by atoms with van der Waals surface area (Å²) in [6, 6.07) is 28.8. The molecule has 5 N–H and O–H groups in total. The lowest BCUT2D eigenvalue weighted by atomic mass is 9.86. The number of alkyl carbamates (subject to hydrolysis) is 1. The van der Waals surface area contributed by atoms with Crippen molar-refractivity contribution in [3.05, 3.63) is 119 Å². The summed E-state index contributed by atoms with van der Waals surface area (Å²) in [7, 11) is 1.29. The molecule has 10 rings (SSSR count). The average molecular weight is 995 g/mol. The van der Waals surface area contributed by atoms with Crippen LogP contribution in [-0.4, -0.2) is 104 Å². The van der Waals surface area contributed by atoms with E-state index in [-0.39, 0.29) is 47.8 Å². The number of H-pyrrole nitrogens is 2. The maximum absolute atomic E-state index is 16.2. The summed E-state index contributed by atoms with van der Waals surface area (Å²) < 4.78 is 21.1. The zero-order valence-electron chi connectivity index (χ0n) is 42.3. The molecular weight excluding hydrogens is 928 g/mol. The number of piperidine rings is 1. The standard InChI is InChI=1S/C56H67FN10O6/c1-33(2)48(62-54(70)71)52(68)65-27-9-13-46(65)50-58-40-21-15-35(31-42(40)60-50)44-23-24-45(67(44)39-19-17-38(18-20-39)64-29-25-56(57,26-30-64)37-11-7-6-8-12-37)36-16-22-41-43(32-36)61-51(59-41)47-14-10-28-66(47)53(69)49(34(3)4)63-55(72)73-5/h6-8,11-12,15-22,31-34,44-49,62H,9-10,13-14,23-30H2,1-5H3,(H,58,60)(H,59,61)(H,63,72)(H,70,71)/t44-,45-,46+,47+,48+,49+/m1/s1. The number of carboxylic acid groups (broad SMARTS) is 1. The fraction of sp³-hybridized carbons (Fsp3) is 0.464. The number of carbonyl (C=O) groups excluding carboxylic acids is 3. The van der Waals surface area contributed by atoms with E-state index >= 15 is 4.39 Å². The Hall–Kier alpha value is -7.17. The highest BCUT2D eigenvalue weighted by Gasteiger charge is 2.41. The van der Waals surface area contributed by atoms with E-state index in [1.54, 1.807) is 4.90 Å². The molecule has 4 aliphatic heterocycles. The number of anilines is 2. The van der Waals surface area contributed by atoms with E-state index in [0.29, 0.717) is 44.8 Å². The van der Waals surface area contributed by atoms with Crippen molar-refractivity contribution in [2.24, 2.45) is 11.8 Å². The van der Waals surface area contributed by atoms with Crippen LogP contribution in [0.15, 0.2) is 91.0 Å². The van der Waals surface area contributed by atoms with Crippen LogP contribution < -0.4 is 20.4 Å². The summed E-state index contributed by atoms with van der Waals surface area (Å²) in [6.07, 6.45) is 3.77. The Labute approximate surface area is 425 Å². The van der Waals surface area contributed by atoms with E-state index in [2.05, 4.69) is 85.0 Å². The maximum atomic E-state index is 16.2. The smallest absolute Gasteiger partial charge is 0.407 e. The molecule has 6 aromatic rings. The molecule has 6 heterocycles. The van der Waals surface area contributed by atoms with Gasteiger partial charge >= 0.3 is 12.2 Å². The van der Waals surface area contributed by atoms with E-state index in [1.165, 1.54) is 7.11 Å². The highest BCUT2D eigenvalue weighted by atomic mass is 19.1. The van der Waals surface area contributed by atoms with Gasteiger partial charge < -0.3 is 50.0 Å². The molecule has 6 atom stereocenters. The third-order valence-electron chi connectivity index (χ3n) is 15.9. The molecule has 73 heavy (non-hydrogen) atoms. The predicted octanol–water partition coefficient (Wildman–Crippen LogP) is 9.99. The number of amides is 4. The molecule has 0 radical (unpaired) electrons. The van der Waals surface area contributed by atoms with Crippen LogP contribution in [0, 0.1) is 11.8 Å². The number of fused-ring (bicyclic) bond motifs is 2. The zero-order valence-corrected chi connectivity index (χ0v) is 42.3. The Bertz CT molecular complexity index is 2970. The van der Waals surface area contributed by atoms with Crippen molar-refractivity contribution >= 4 is 57.4 Å². The van der Waals surface area contributed by atoms with Crippen molar-refractivity contribution in [3.8, 4) is 0 Å². The van der Waals surface area contributed by atoms with Crippen LogP contribution in [0.4, 0.5) is 25.4 Å². The Balaban J connectivity index is 0.944. The van der Waals surface area contributed by atoms with Crippen molar-refractivity contribution in [2.75, 3.05) is 43.1 Å². The quantitative estimate of drug-likeness (QED) is 0.0744. The van der Waals surface area contributed by atoms with Gasteiger partial charge in [0, 0.05) is 50.4 Å². The van der Waals surface area contributed by atoms with Crippen molar-refractivity contribution < 1.29 is 33.4 Å². The largest absolute Gasteiger partial charge is 0.465 e. The number of ether oxygens (including phenoxy) is 1. The number of carbonyl (C=O) groups is 4. The number of aromatic nitrogens is 4. The maximum Gasteiger partial charge on any atom is 0.407 e. The number of hydrogen-bond acceptors (Lipinski definition) is 9. The second-order valence-corrected chi connectivity index (χ2v) is 21.1. The Morgan fingerprint density at radius 3 is 1.63 bits per heavy atom. The predicted molar refractivity (Wildman–Crippen MR) is 278 cm³/mol. The number of methoxy groups -OCH3 is 1. The number of nitrogens with zero attached hydrogens (tertiary/aromatic N) is 6. The molecule has 0 aliphatic carbocycles. The number of rotatable bonds is 13. The van der Waals surface area contributed by atoms with Gasteiger partial charge in [0.1, 0.15) is 29.4 Å². The fourth-order valence-corrected chi connectivity index (χ4v) is 12.0. The van der Waals surface area contributed by atoms with Gasteiger partial charge in [-0.25, -0.2) is 23.9 Å². The molecule has 17 heteroatoms. The summed E-state index contributed by atoms with van der Waals surface area (Å²) >= 11 is 0. The molecule has 4 fully saturated rings. The van der Waals surface area contributed by atoms with E-state index in [1.807, 2.05) is 69.0 Å². The van der Waals surface area contributed by atoms with Gasteiger partial charge in [0.2, 0.25) is 11.8 Å². The highest BCUT2D eigenvalue weighted by Crippen LogP contribution is 2.49. The van der Waals surface area contributed by atoms with Crippen molar-refractivity contribution in [1.82, 2.24) is 40.4 Å². The van der Waals surface area contributed by atoms with Gasteiger partial charge in [-0.2, -0.15) is 0 Å². The average Bonchev–Trinajstić information content (AvgIpc) is 4.26. The molecule has 384 valence electrons. The molecule has 16 nitrogen and oxygen atoms in total. The number of nitrogens with one attached hydrogen (secondary N) is 4. The van der Waals surface area contributed by atoms with Gasteiger partial charge in [0.25, 0.3) is 0 Å². The lowest BCUT2D eigenvalue weighted by molar-refractivity contribution is -0.136. The van der Waals surface area contributed by atoms with Gasteiger partial charge in [-0.1, -0.05) is 70.2 Å². The first kappa shape index (κ1) is 49.4. The second-order valence-electron chi connectivity index (χ2n) is 21.1. The normalized spacial score (nSPS) is 21.9. The van der Waals surface area contributed by atoms with Gasteiger partial charge in [0.05, 0.1) is 53.3 Å². The van der Waals surface area contributed by atoms with Gasteiger partial charge in [-0.15, -0.1) is 0 Å². The third-order valence-corrected chi connectivity index (χ3v) is 15.9. The lowest BCUT2D eigenvalue weighted by Crippen LogP contribution is -2.51. The van der Waals surface area contributed by atoms with E-state index in [0.717, 1.165) is 94.5 Å². The lowest BCUT2D eigenvalue weighted by Gasteiger charge is -2.38. The number of alkyl halides is 1. The molecule has 4 aliphatic rings. The number of imidazole rings is 2. The minimum absolute atomic E-state index is 0.0137. The molecule has 4 aromatic carbocycles. The van der Waals surface area contributed by atoms with Crippen molar-refractivity contribution in [2.45, 2.75) is 121 Å². The SMILES string of the molecule is COC(=O)N[C@H](C(=O)N1CCC[C@H]1c1nc2ccc([C@H]3CC[C@H](c4ccc5nc([C@@H]6CCCN6C(=O)[C@@H](NC(=O)O)C(C)C)[nH]c5c4)N3c3ccc(N4CCC(F)(c5ccccc5)CC4)cc3)cc2[nH]1)C(C)C. The van der Waals surface area contributed by atoms with E-state index in [4.69, 9.17) is 14.7 Å². The zero-order chi connectivity index (χ0) is 51.1. The van der Waals surface area contributed by atoms with Crippen molar-refractivity contribution in [1.29, 1.82) is 0 Å². The van der Waals surface area contributed by atoms with Crippen LogP contribution in [0.25, 0.3) is 22.1 Å². The molecule has 0 spiro atoms. The number of likely N-dealkylation sites (tertiary alicyclic amines) is 2. The Morgan fingerprint density at radius 2 is 1.15 bits per heavy atom. The summed E-state index contributed by atoms with van der Waals surface area (Å²) in [4.78, 5) is 77.3. The number of hydrogen-bond donors (Lipinski definition) is 5. The van der Waals surface area contributed by atoms with Crippen LogP contribution >= 0.6 is 0 Å². The summed E-state index contributed by atoms with van der Waals surface area (Å²) in [5, 5.41) is 14.7. The first-order valence-electron chi connectivity index (χ1n) is 26.0. The molecular formula is C56H67FN10O6. The fourth-order valence-electron chi connectivity index (χ4n) is 12.0. The molecule has 2 aromatic heterocycles. The molecule has 4 amide bonds. The van der Waals surface area contributed by atoms with Crippen LogP contribution in [0.2, 0.25) is 0 Å². The van der Waals surface area contributed by atoms with Gasteiger partial charge in [-0.3, -0.25) is 9.59 Å². The van der Waals surface area contributed by atoms with Crippen LogP contribution in [-0.2, 0) is 20.0 Å². The van der Waals surface area contributed by atoms with Crippen LogP contribution in [0.5, 0.6) is 0 Å². The summed E-state index contributed by atoms with van der Waals surface area (Å²) in [6.45, 7) is 9.80. The van der Waals surface area contributed by atoms with Gasteiger partial charge in [-0.05, 0) is 116 Å². The van der Waals surface area contributed by atoms with Crippen LogP contribution in [0.1, 0.15) is 132 Å². The van der Waals surface area contributed by atoms with E-state index < -0.39 is 29.9 Å². The summed E-state index contributed by atoms with van der Waals surface area (Å²) in [5.41, 5.74) is 7.10. The second kappa shape index (κ2) is 20.4. The molecule has 0 unspecified atom stereocenters. The Morgan fingerprint density at radius 1 is 0.658 bits per heavy atom. The van der Waals surface area contributed by atoms with Crippen molar-refractivity contribution in [3.63, 3.8) is 0 Å². The molecule has 0 saturated carbocycles. The Kier molecular flexibility index (Phi) is 13.8. The monoisotopic (exact) mass is 995 g/mol. The first-order valence-corrected chi connectivity index (χ1v) is 26.0. The van der Waals surface area contributed by atoms with Crippen LogP contribution in [0.3, 0.4) is 0 Å². The van der Waals surface area contributed by atoms with Gasteiger partial charge in [0.15, 0.2) is 0 Å².